The fraction of sp³-hybridized carbons (Fsp3) is 0. The van der Waals surface area contributed by atoms with Gasteiger partial charge in [0.2, 0.25) is 0 Å². The van der Waals surface area contributed by atoms with E-state index in [2.05, 4.69) is 10.1 Å². The summed E-state index contributed by atoms with van der Waals surface area (Å²) in [6.07, 6.45) is 1.26. The Bertz CT molecular complexity index is 954. The summed E-state index contributed by atoms with van der Waals surface area (Å²) in [7, 11) is 0. The minimum atomic E-state index is -0.634. The van der Waals surface area contributed by atoms with Gasteiger partial charge in [-0.15, -0.1) is 4.68 Å². The van der Waals surface area contributed by atoms with E-state index in [-0.39, 0.29) is 5.75 Å². The number of para-hydroxylation sites is 2. The highest BCUT2D eigenvalue weighted by Crippen LogP contribution is 2.12. The highest BCUT2D eigenvalue weighted by Gasteiger charge is 2.05. The summed E-state index contributed by atoms with van der Waals surface area (Å²) in [6.45, 7) is 0. The minimum Gasteiger partial charge on any atom is -0.507 e. The van der Waals surface area contributed by atoms with E-state index in [9.17, 15) is 14.7 Å². The number of aromatic nitrogens is 2. The van der Waals surface area contributed by atoms with Crippen LogP contribution in [0.4, 0.5) is 0 Å². The molecule has 0 saturated carbocycles. The fourth-order valence-corrected chi connectivity index (χ4v) is 1.97. The zero-order valence-corrected chi connectivity index (χ0v) is 10.9. The highest BCUT2D eigenvalue weighted by atomic mass is 16.3. The van der Waals surface area contributed by atoms with E-state index >= 15 is 0 Å². The molecule has 0 bridgehead atoms. The number of aromatic hydroxyl groups is 1. The number of fused-ring (bicyclic) bond motifs is 1. The van der Waals surface area contributed by atoms with Crippen LogP contribution < -0.4 is 11.2 Å². The number of phenolic OH excluding ortho intramolecular Hbond substituents is 1. The monoisotopic (exact) mass is 281 g/mol. The first-order valence-corrected chi connectivity index (χ1v) is 6.23. The maximum atomic E-state index is 12.2. The van der Waals surface area contributed by atoms with Crippen molar-refractivity contribution in [2.45, 2.75) is 0 Å². The maximum Gasteiger partial charge on any atom is 0.349 e. The topological polar surface area (TPSA) is 87.5 Å². The summed E-state index contributed by atoms with van der Waals surface area (Å²) in [6, 6.07) is 13.2. The van der Waals surface area contributed by atoms with Gasteiger partial charge in [0.15, 0.2) is 0 Å². The average Bonchev–Trinajstić information content (AvgIpc) is 2.49. The van der Waals surface area contributed by atoms with Crippen molar-refractivity contribution in [2.24, 2.45) is 5.10 Å². The first-order chi connectivity index (χ1) is 10.2. The van der Waals surface area contributed by atoms with E-state index < -0.39 is 11.2 Å². The standard InChI is InChI=1S/C15H11N3O3/c19-13-8-4-1-5-10(13)9-16-18-14(20)11-6-2-3-7-12(11)17-15(18)21/h1-9,19H,(H,17,21)/b16-9-. The summed E-state index contributed by atoms with van der Waals surface area (Å²) >= 11 is 0. The van der Waals surface area contributed by atoms with Crippen LogP contribution in [0.1, 0.15) is 5.56 Å². The van der Waals surface area contributed by atoms with Crippen molar-refractivity contribution in [3.05, 3.63) is 74.9 Å². The zero-order valence-electron chi connectivity index (χ0n) is 10.9. The molecule has 21 heavy (non-hydrogen) atoms. The third kappa shape index (κ3) is 2.34. The number of nitrogens with one attached hydrogen (secondary N) is 1. The van der Waals surface area contributed by atoms with Crippen molar-refractivity contribution in [2.75, 3.05) is 0 Å². The molecule has 3 aromatic rings. The molecule has 3 rings (SSSR count). The van der Waals surface area contributed by atoms with E-state index in [0.29, 0.717) is 16.5 Å². The van der Waals surface area contributed by atoms with Gasteiger partial charge < -0.3 is 10.1 Å². The molecule has 2 N–H and O–H groups in total. The second-order valence-corrected chi connectivity index (χ2v) is 4.40. The number of benzene rings is 2. The summed E-state index contributed by atoms with van der Waals surface area (Å²) in [5, 5.41) is 13.9. The molecule has 0 aliphatic rings. The van der Waals surface area contributed by atoms with Gasteiger partial charge in [-0.2, -0.15) is 5.10 Å². The second kappa shape index (κ2) is 5.09. The number of nitrogens with zero attached hydrogens (tertiary/aromatic N) is 2. The molecule has 6 heteroatoms. The van der Waals surface area contributed by atoms with Crippen molar-refractivity contribution in [1.82, 2.24) is 9.66 Å². The Balaban J connectivity index is 2.16. The van der Waals surface area contributed by atoms with E-state index in [4.69, 9.17) is 0 Å². The zero-order chi connectivity index (χ0) is 14.8. The number of H-pyrrole nitrogens is 1. The Morgan fingerprint density at radius 1 is 1.05 bits per heavy atom. The predicted octanol–water partition coefficient (Wildman–Crippen LogP) is 1.28. The molecular weight excluding hydrogens is 270 g/mol. The largest absolute Gasteiger partial charge is 0.507 e. The van der Waals surface area contributed by atoms with Gasteiger partial charge in [0, 0.05) is 5.56 Å². The molecule has 1 heterocycles. The molecule has 6 nitrogen and oxygen atoms in total. The van der Waals surface area contributed by atoms with Crippen LogP contribution in [0.5, 0.6) is 5.75 Å². The van der Waals surface area contributed by atoms with Crippen LogP contribution in [0.25, 0.3) is 10.9 Å². The molecule has 0 spiro atoms. The molecule has 1 aromatic heterocycles. The highest BCUT2D eigenvalue weighted by molar-refractivity contribution is 5.83. The average molecular weight is 281 g/mol. The Labute approximate surface area is 118 Å². The summed E-state index contributed by atoms with van der Waals surface area (Å²) in [5.41, 5.74) is -0.273. The van der Waals surface area contributed by atoms with Gasteiger partial charge in [-0.05, 0) is 24.3 Å². The summed E-state index contributed by atoms with van der Waals surface area (Å²) < 4.78 is 0.731. The molecule has 2 aromatic carbocycles. The smallest absolute Gasteiger partial charge is 0.349 e. The van der Waals surface area contributed by atoms with Gasteiger partial charge in [0.05, 0.1) is 17.1 Å². The van der Waals surface area contributed by atoms with Crippen molar-refractivity contribution >= 4 is 17.1 Å². The van der Waals surface area contributed by atoms with Crippen LogP contribution in [-0.2, 0) is 0 Å². The molecule has 0 aliphatic carbocycles. The molecular formula is C15H11N3O3. The van der Waals surface area contributed by atoms with E-state index in [1.165, 1.54) is 12.3 Å². The van der Waals surface area contributed by atoms with Crippen molar-refractivity contribution in [3.63, 3.8) is 0 Å². The lowest BCUT2D eigenvalue weighted by Crippen LogP contribution is -2.32. The SMILES string of the molecule is O=c1[nH]c2ccccc2c(=O)n1/N=C\c1ccccc1O. The lowest BCUT2D eigenvalue weighted by atomic mass is 10.2. The Morgan fingerprint density at radius 2 is 1.76 bits per heavy atom. The molecule has 0 radical (unpaired) electrons. The van der Waals surface area contributed by atoms with E-state index in [0.717, 1.165) is 4.68 Å². The summed E-state index contributed by atoms with van der Waals surface area (Å²) in [4.78, 5) is 26.7. The fourth-order valence-electron chi connectivity index (χ4n) is 1.97. The van der Waals surface area contributed by atoms with Gasteiger partial charge in [-0.1, -0.05) is 24.3 Å². The Morgan fingerprint density at radius 3 is 2.57 bits per heavy atom. The molecule has 0 atom stereocenters. The van der Waals surface area contributed by atoms with Gasteiger partial charge in [-0.25, -0.2) is 4.79 Å². The van der Waals surface area contributed by atoms with Crippen molar-refractivity contribution in [1.29, 1.82) is 0 Å². The molecule has 0 aliphatic heterocycles. The van der Waals surface area contributed by atoms with Crippen molar-refractivity contribution in [3.8, 4) is 5.75 Å². The van der Waals surface area contributed by atoms with Gasteiger partial charge >= 0.3 is 5.69 Å². The Hall–Kier alpha value is -3.15. The maximum absolute atomic E-state index is 12.2. The lowest BCUT2D eigenvalue weighted by molar-refractivity contribution is 0.474. The van der Waals surface area contributed by atoms with Gasteiger partial charge in [-0.3, -0.25) is 4.79 Å². The van der Waals surface area contributed by atoms with Gasteiger partial charge in [0.25, 0.3) is 5.56 Å². The van der Waals surface area contributed by atoms with Crippen molar-refractivity contribution < 1.29 is 5.11 Å². The molecule has 0 amide bonds. The number of aromatic amines is 1. The molecule has 0 unspecified atom stereocenters. The third-order valence-electron chi connectivity index (χ3n) is 3.03. The first-order valence-electron chi connectivity index (χ1n) is 6.23. The quantitative estimate of drug-likeness (QED) is 0.693. The predicted molar refractivity (Wildman–Crippen MR) is 79.9 cm³/mol. The second-order valence-electron chi connectivity index (χ2n) is 4.40. The number of rotatable bonds is 2. The normalized spacial score (nSPS) is 11.2. The van der Waals surface area contributed by atoms with Crippen LogP contribution in [0, 0.1) is 0 Å². The van der Waals surface area contributed by atoms with Crippen LogP contribution in [0.2, 0.25) is 0 Å². The lowest BCUT2D eigenvalue weighted by Gasteiger charge is -2.01. The first kappa shape index (κ1) is 12.9. The Kier molecular flexibility index (Phi) is 3.12. The summed E-state index contributed by atoms with van der Waals surface area (Å²) in [5.74, 6) is 0.0199. The van der Waals surface area contributed by atoms with Crippen LogP contribution >= 0.6 is 0 Å². The van der Waals surface area contributed by atoms with E-state index in [1.807, 2.05) is 0 Å². The molecule has 0 saturated heterocycles. The van der Waals surface area contributed by atoms with E-state index in [1.54, 1.807) is 42.5 Å². The molecule has 0 fully saturated rings. The van der Waals surface area contributed by atoms with Crippen LogP contribution in [-0.4, -0.2) is 21.0 Å². The minimum absolute atomic E-state index is 0.0199. The number of hydrogen-bond donors (Lipinski definition) is 2. The van der Waals surface area contributed by atoms with Gasteiger partial charge in [0.1, 0.15) is 5.75 Å². The third-order valence-corrected chi connectivity index (χ3v) is 3.03. The van der Waals surface area contributed by atoms with Crippen LogP contribution in [0.3, 0.4) is 0 Å². The number of hydrogen-bond acceptors (Lipinski definition) is 4. The van der Waals surface area contributed by atoms with Crippen LogP contribution in [0.15, 0.2) is 63.2 Å². The molecule has 104 valence electrons. The number of phenols is 1.